The van der Waals surface area contributed by atoms with Crippen LogP contribution in [-0.2, 0) is 24.2 Å². The Labute approximate surface area is 82.6 Å². The zero-order chi connectivity index (χ0) is 10.1. The molecule has 0 radical (unpaired) electrons. The van der Waals surface area contributed by atoms with E-state index >= 15 is 0 Å². The number of imidazole rings is 1. The molecule has 2 heterocycles. The average Bonchev–Trinajstić information content (AvgIpc) is 2.58. The first-order valence-electron chi connectivity index (χ1n) is 4.98. The minimum Gasteiger partial charge on any atom is -0.481 e. The molecule has 4 nitrogen and oxygen atoms in total. The molecule has 14 heavy (non-hydrogen) atoms. The molecule has 1 aliphatic rings. The fourth-order valence-corrected chi connectivity index (χ4v) is 1.87. The number of aliphatic carboxylic acids is 1. The number of rotatable bonds is 2. The van der Waals surface area contributed by atoms with Crippen molar-refractivity contribution < 1.29 is 9.90 Å². The number of fused-ring (bicyclic) bond motifs is 1. The van der Waals surface area contributed by atoms with Gasteiger partial charge in [0.15, 0.2) is 0 Å². The summed E-state index contributed by atoms with van der Waals surface area (Å²) in [6, 6.07) is 0. The number of aromatic nitrogens is 2. The van der Waals surface area contributed by atoms with E-state index in [1.165, 1.54) is 0 Å². The maximum absolute atomic E-state index is 10.8. The van der Waals surface area contributed by atoms with Crippen LogP contribution in [0.15, 0.2) is 6.20 Å². The first-order valence-corrected chi connectivity index (χ1v) is 4.98. The number of carboxylic acid groups (broad SMARTS) is 1. The third kappa shape index (κ3) is 1.52. The predicted molar refractivity (Wildman–Crippen MR) is 51.1 cm³/mol. The van der Waals surface area contributed by atoms with Gasteiger partial charge in [-0.2, -0.15) is 0 Å². The van der Waals surface area contributed by atoms with E-state index in [1.807, 2.05) is 6.20 Å². The Morgan fingerprint density at radius 3 is 3.21 bits per heavy atom. The SMILES string of the molecule is CCc1cn2c(n1)CC(C(=O)O)CC2. The van der Waals surface area contributed by atoms with Gasteiger partial charge >= 0.3 is 5.97 Å². The van der Waals surface area contributed by atoms with Crippen LogP contribution in [0, 0.1) is 5.92 Å². The van der Waals surface area contributed by atoms with Crippen LogP contribution in [0.25, 0.3) is 0 Å². The highest BCUT2D eigenvalue weighted by atomic mass is 16.4. The van der Waals surface area contributed by atoms with E-state index in [0.717, 1.165) is 30.9 Å². The Hall–Kier alpha value is -1.32. The minimum absolute atomic E-state index is 0.241. The molecule has 0 fully saturated rings. The largest absolute Gasteiger partial charge is 0.481 e. The summed E-state index contributed by atoms with van der Waals surface area (Å²) in [6.45, 7) is 2.85. The van der Waals surface area contributed by atoms with Crippen molar-refractivity contribution in [3.8, 4) is 0 Å². The topological polar surface area (TPSA) is 55.1 Å². The van der Waals surface area contributed by atoms with Crippen LogP contribution in [-0.4, -0.2) is 20.6 Å². The summed E-state index contributed by atoms with van der Waals surface area (Å²) in [5.74, 6) is -0.00703. The third-order valence-electron chi connectivity index (χ3n) is 2.77. The van der Waals surface area contributed by atoms with Crippen molar-refractivity contribution in [1.29, 1.82) is 0 Å². The third-order valence-corrected chi connectivity index (χ3v) is 2.77. The summed E-state index contributed by atoms with van der Waals surface area (Å²) in [4.78, 5) is 15.2. The van der Waals surface area contributed by atoms with E-state index in [2.05, 4.69) is 16.5 Å². The number of hydrogen-bond acceptors (Lipinski definition) is 2. The molecule has 76 valence electrons. The molecule has 0 saturated carbocycles. The summed E-state index contributed by atoms with van der Waals surface area (Å²) in [5.41, 5.74) is 1.06. The van der Waals surface area contributed by atoms with Crippen LogP contribution in [0.4, 0.5) is 0 Å². The maximum atomic E-state index is 10.8. The zero-order valence-electron chi connectivity index (χ0n) is 8.23. The van der Waals surface area contributed by atoms with Crippen LogP contribution in [0.5, 0.6) is 0 Å². The lowest BCUT2D eigenvalue weighted by molar-refractivity contribution is -0.142. The second kappa shape index (κ2) is 3.44. The van der Waals surface area contributed by atoms with Crippen molar-refractivity contribution in [2.75, 3.05) is 0 Å². The van der Waals surface area contributed by atoms with E-state index in [0.29, 0.717) is 6.42 Å². The molecule has 1 aromatic rings. The maximum Gasteiger partial charge on any atom is 0.307 e. The quantitative estimate of drug-likeness (QED) is 0.766. The highest BCUT2D eigenvalue weighted by Gasteiger charge is 2.25. The summed E-state index contributed by atoms with van der Waals surface area (Å²) < 4.78 is 2.08. The van der Waals surface area contributed by atoms with Crippen molar-refractivity contribution in [1.82, 2.24) is 9.55 Å². The first-order chi connectivity index (χ1) is 6.70. The van der Waals surface area contributed by atoms with Crippen LogP contribution in [0.3, 0.4) is 0 Å². The molecule has 1 atom stereocenters. The number of aryl methyl sites for hydroxylation is 2. The Kier molecular flexibility index (Phi) is 2.27. The van der Waals surface area contributed by atoms with Crippen molar-refractivity contribution in [2.24, 2.45) is 5.92 Å². The van der Waals surface area contributed by atoms with Gasteiger partial charge in [-0.3, -0.25) is 4.79 Å². The van der Waals surface area contributed by atoms with Gasteiger partial charge < -0.3 is 9.67 Å². The number of carboxylic acids is 1. The molecule has 0 aromatic carbocycles. The molecule has 2 rings (SSSR count). The van der Waals surface area contributed by atoms with E-state index < -0.39 is 5.97 Å². The molecule has 1 unspecified atom stereocenters. The second-order valence-electron chi connectivity index (χ2n) is 3.72. The standard InChI is InChI=1S/C10H14N2O2/c1-2-8-6-12-4-3-7(10(13)14)5-9(12)11-8/h6-7H,2-5H2,1H3,(H,13,14). The van der Waals surface area contributed by atoms with Crippen LogP contribution < -0.4 is 0 Å². The van der Waals surface area contributed by atoms with Crippen molar-refractivity contribution in [3.05, 3.63) is 17.7 Å². The Morgan fingerprint density at radius 1 is 1.79 bits per heavy atom. The van der Waals surface area contributed by atoms with Crippen molar-refractivity contribution in [3.63, 3.8) is 0 Å². The zero-order valence-corrected chi connectivity index (χ0v) is 8.23. The molecule has 0 saturated heterocycles. The Morgan fingerprint density at radius 2 is 2.57 bits per heavy atom. The lowest BCUT2D eigenvalue weighted by Gasteiger charge is -2.19. The van der Waals surface area contributed by atoms with Gasteiger partial charge in [0.05, 0.1) is 11.6 Å². The van der Waals surface area contributed by atoms with Gasteiger partial charge in [0.2, 0.25) is 0 Å². The van der Waals surface area contributed by atoms with E-state index in [-0.39, 0.29) is 5.92 Å². The number of carbonyl (C=O) groups is 1. The normalized spacial score (nSPS) is 20.5. The van der Waals surface area contributed by atoms with Gasteiger partial charge in [0.1, 0.15) is 5.82 Å². The molecular weight excluding hydrogens is 180 g/mol. The van der Waals surface area contributed by atoms with Gasteiger partial charge in [-0.25, -0.2) is 4.98 Å². The Bertz CT molecular complexity index is 357. The second-order valence-corrected chi connectivity index (χ2v) is 3.72. The lowest BCUT2D eigenvalue weighted by atomic mass is 9.98. The molecule has 1 aliphatic heterocycles. The summed E-state index contributed by atoms with van der Waals surface area (Å²) >= 11 is 0. The van der Waals surface area contributed by atoms with Gasteiger partial charge in [0, 0.05) is 19.2 Å². The lowest BCUT2D eigenvalue weighted by Crippen LogP contribution is -2.25. The fourth-order valence-electron chi connectivity index (χ4n) is 1.87. The highest BCUT2D eigenvalue weighted by Crippen LogP contribution is 2.20. The molecular formula is C10H14N2O2. The van der Waals surface area contributed by atoms with Gasteiger partial charge in [-0.15, -0.1) is 0 Å². The molecule has 4 heteroatoms. The van der Waals surface area contributed by atoms with Crippen LogP contribution in [0.1, 0.15) is 24.9 Å². The van der Waals surface area contributed by atoms with E-state index in [1.54, 1.807) is 0 Å². The van der Waals surface area contributed by atoms with Crippen molar-refractivity contribution >= 4 is 5.97 Å². The molecule has 0 aliphatic carbocycles. The number of nitrogens with zero attached hydrogens (tertiary/aromatic N) is 2. The highest BCUT2D eigenvalue weighted by molar-refractivity contribution is 5.70. The van der Waals surface area contributed by atoms with Crippen molar-refractivity contribution in [2.45, 2.75) is 32.7 Å². The fraction of sp³-hybridized carbons (Fsp3) is 0.600. The predicted octanol–water partition coefficient (Wildman–Crippen LogP) is 1.09. The van der Waals surface area contributed by atoms with E-state index in [4.69, 9.17) is 5.11 Å². The summed E-state index contributed by atoms with van der Waals surface area (Å²) in [7, 11) is 0. The first kappa shape index (κ1) is 9.24. The van der Waals surface area contributed by atoms with Crippen LogP contribution >= 0.6 is 0 Å². The summed E-state index contributed by atoms with van der Waals surface area (Å²) in [6.07, 6.45) is 4.25. The van der Waals surface area contributed by atoms with Gasteiger partial charge in [0.25, 0.3) is 0 Å². The Balaban J connectivity index is 2.21. The molecule has 0 spiro atoms. The monoisotopic (exact) mass is 194 g/mol. The minimum atomic E-state index is -0.697. The van der Waals surface area contributed by atoms with E-state index in [9.17, 15) is 4.79 Å². The van der Waals surface area contributed by atoms with Crippen LogP contribution in [0.2, 0.25) is 0 Å². The van der Waals surface area contributed by atoms with Gasteiger partial charge in [-0.05, 0) is 12.8 Å². The van der Waals surface area contributed by atoms with Gasteiger partial charge in [-0.1, -0.05) is 6.92 Å². The number of hydrogen-bond donors (Lipinski definition) is 1. The molecule has 0 amide bonds. The average molecular weight is 194 g/mol. The summed E-state index contributed by atoms with van der Waals surface area (Å²) in [5, 5.41) is 8.89. The molecule has 0 bridgehead atoms. The molecule has 1 aromatic heterocycles. The molecule has 1 N–H and O–H groups in total. The smallest absolute Gasteiger partial charge is 0.307 e.